The first kappa shape index (κ1) is 112. The molecule has 2 atom stereocenters. The standard InChI is InChI=1S/C54H110N2O2.C34H61NO2.CH4.2CH3.K.Y/c1-5-9-13-17-21-25-29-33-37-42-48-55(49-43-38-34-30-26-22-18-14-10-6-2)50-46-41-47-53(54(57)58)56(51-44-39-35-31-27-23-19-15-11-7-3)52-45-40-36-32-28-24-20-16-12-8-4;1-4-6-8-10-12-14-16-18-20-22-28-35(29-23-21-19-17-15-13-11-9-7-5-2)33(34(36)37)30-32-26-24-31(3)25-27-32;;;;;/h53H,5-52H2,1-4H3,(H,57,58);24-27,33H,4-23,28-30H2,1-3H3,(H,36,37);1H4;2*1H3;;/q;;;2*-1;+1;. The van der Waals surface area contributed by atoms with Crippen molar-refractivity contribution in [2.24, 2.45) is 0 Å². The fourth-order valence-electron chi connectivity index (χ4n) is 14.5. The van der Waals surface area contributed by atoms with E-state index in [4.69, 9.17) is 0 Å². The summed E-state index contributed by atoms with van der Waals surface area (Å²) in [7, 11) is 0. The molecule has 0 aliphatic heterocycles. The molecule has 0 amide bonds. The maximum atomic E-state index is 12.8. The van der Waals surface area contributed by atoms with E-state index in [0.717, 1.165) is 83.2 Å². The number of aliphatic carboxylic acids is 2. The van der Waals surface area contributed by atoms with E-state index in [0.29, 0.717) is 6.42 Å². The molecular weight excluding hydrogens is 1330 g/mol. The van der Waals surface area contributed by atoms with Crippen LogP contribution in [0.25, 0.3) is 0 Å². The van der Waals surface area contributed by atoms with E-state index in [-0.39, 0.29) is 112 Å². The average Bonchev–Trinajstić information content (AvgIpc) is 0.879. The third-order valence-electron chi connectivity index (χ3n) is 21.1. The van der Waals surface area contributed by atoms with Gasteiger partial charge in [-0.1, -0.05) is 432 Å². The first-order valence-corrected chi connectivity index (χ1v) is 43.4. The number of rotatable bonds is 77. The van der Waals surface area contributed by atoms with E-state index in [9.17, 15) is 19.8 Å². The molecule has 0 saturated heterocycles. The summed E-state index contributed by atoms with van der Waals surface area (Å²) in [4.78, 5) is 32.6. The second-order valence-corrected chi connectivity index (χ2v) is 30.4. The molecule has 0 bridgehead atoms. The Labute approximate surface area is 698 Å². The maximum absolute atomic E-state index is 12.8. The van der Waals surface area contributed by atoms with Crippen LogP contribution in [0.4, 0.5) is 0 Å². The van der Waals surface area contributed by atoms with E-state index in [1.54, 1.807) is 0 Å². The first-order valence-electron chi connectivity index (χ1n) is 43.4. The summed E-state index contributed by atoms with van der Waals surface area (Å²) in [5, 5.41) is 20.7. The smallest absolute Gasteiger partial charge is 0.480 e. The van der Waals surface area contributed by atoms with Crippen LogP contribution in [0, 0.1) is 21.8 Å². The average molecular weight is 1510 g/mol. The fraction of sp³-hybridized carbons (Fsp3) is 0.890. The zero-order chi connectivity index (χ0) is 69.2. The van der Waals surface area contributed by atoms with Crippen molar-refractivity contribution in [2.75, 3.05) is 45.8 Å². The molecule has 0 heterocycles. The van der Waals surface area contributed by atoms with E-state index in [1.165, 1.54) is 378 Å². The molecule has 0 aliphatic carbocycles. The van der Waals surface area contributed by atoms with Gasteiger partial charge in [0.2, 0.25) is 0 Å². The minimum atomic E-state index is -0.667. The largest absolute Gasteiger partial charge is 1.00 e. The maximum Gasteiger partial charge on any atom is 1.00 e. The van der Waals surface area contributed by atoms with Crippen LogP contribution in [-0.4, -0.2) is 94.7 Å². The molecule has 0 aliphatic rings. The van der Waals surface area contributed by atoms with Crippen molar-refractivity contribution in [2.45, 2.75) is 479 Å². The molecule has 2 unspecified atom stereocenters. The number of carboxylic acids is 2. The second kappa shape index (κ2) is 92.2. The van der Waals surface area contributed by atoms with Crippen LogP contribution < -0.4 is 51.4 Å². The zero-order valence-electron chi connectivity index (χ0n) is 69.3. The summed E-state index contributed by atoms with van der Waals surface area (Å²) in [5.74, 6) is -1.24. The van der Waals surface area contributed by atoms with Gasteiger partial charge in [-0.3, -0.25) is 19.4 Å². The van der Waals surface area contributed by atoms with Crippen molar-refractivity contribution in [1.29, 1.82) is 0 Å². The number of hydrogen-bond acceptors (Lipinski definition) is 5. The number of nitrogens with zero attached hydrogens (tertiary/aromatic N) is 3. The number of benzene rings is 1. The summed E-state index contributed by atoms with van der Waals surface area (Å²) in [6.45, 7) is 23.2. The van der Waals surface area contributed by atoms with Gasteiger partial charge < -0.3 is 30.0 Å². The van der Waals surface area contributed by atoms with Gasteiger partial charge in [0.1, 0.15) is 12.1 Å². The Morgan fingerprint density at radius 3 is 0.680 bits per heavy atom. The van der Waals surface area contributed by atoms with Crippen LogP contribution in [0.5, 0.6) is 0 Å². The van der Waals surface area contributed by atoms with E-state index < -0.39 is 18.0 Å². The molecular formula is C91H181KN3O4Y-. The molecule has 1 radical (unpaired) electrons. The summed E-state index contributed by atoms with van der Waals surface area (Å²) in [5.41, 5.74) is 2.36. The number of unbranched alkanes of at least 4 members (excludes halogenated alkanes) is 55. The van der Waals surface area contributed by atoms with Gasteiger partial charge in [0.15, 0.2) is 0 Å². The van der Waals surface area contributed by atoms with Crippen LogP contribution >= 0.6 is 0 Å². The van der Waals surface area contributed by atoms with Gasteiger partial charge in [0.05, 0.1) is 0 Å². The molecule has 1 rings (SSSR count). The van der Waals surface area contributed by atoms with Crippen molar-refractivity contribution >= 4 is 11.9 Å². The van der Waals surface area contributed by atoms with Crippen molar-refractivity contribution in [3.8, 4) is 0 Å². The molecule has 0 fully saturated rings. The molecule has 7 nitrogen and oxygen atoms in total. The van der Waals surface area contributed by atoms with Gasteiger partial charge in [0, 0.05) is 32.7 Å². The predicted molar refractivity (Wildman–Crippen MR) is 442 cm³/mol. The quantitative estimate of drug-likeness (QED) is 0.0382. The molecule has 0 aromatic heterocycles. The molecule has 0 saturated carbocycles. The zero-order valence-corrected chi connectivity index (χ0v) is 75.3. The first-order chi connectivity index (χ1) is 46.7. The van der Waals surface area contributed by atoms with Gasteiger partial charge in [-0.15, -0.1) is 0 Å². The molecule has 1 aromatic carbocycles. The van der Waals surface area contributed by atoms with E-state index >= 15 is 0 Å². The molecule has 0 spiro atoms. The summed E-state index contributed by atoms with van der Waals surface area (Å²) in [6.07, 6.45) is 84.5. The molecule has 589 valence electrons. The Hall–Kier alpha value is 0.780. The van der Waals surface area contributed by atoms with Gasteiger partial charge in [0.25, 0.3) is 0 Å². The van der Waals surface area contributed by atoms with Gasteiger partial charge in [-0.05, 0) is 116 Å². The molecule has 1 aromatic rings. The molecule has 2 N–H and O–H groups in total. The van der Waals surface area contributed by atoms with Crippen LogP contribution in [0.15, 0.2) is 24.3 Å². The number of aryl methyl sites for hydroxylation is 1. The van der Waals surface area contributed by atoms with Crippen LogP contribution in [0.2, 0.25) is 0 Å². The normalized spacial score (nSPS) is 11.7. The van der Waals surface area contributed by atoms with Crippen LogP contribution in [0.1, 0.15) is 465 Å². The van der Waals surface area contributed by atoms with Crippen molar-refractivity contribution in [3.63, 3.8) is 0 Å². The topological polar surface area (TPSA) is 84.3 Å². The Balaban J connectivity index is -0.000000457. The van der Waals surface area contributed by atoms with Crippen LogP contribution in [0.3, 0.4) is 0 Å². The van der Waals surface area contributed by atoms with Crippen molar-refractivity contribution in [1.82, 2.24) is 14.7 Å². The van der Waals surface area contributed by atoms with Gasteiger partial charge >= 0.3 is 63.3 Å². The van der Waals surface area contributed by atoms with Gasteiger partial charge in [-0.2, -0.15) is 0 Å². The summed E-state index contributed by atoms with van der Waals surface area (Å²) >= 11 is 0. The minimum absolute atomic E-state index is 0. The van der Waals surface area contributed by atoms with E-state index in [1.807, 2.05) is 0 Å². The monoisotopic (exact) mass is 1510 g/mol. The molecule has 9 heteroatoms. The number of hydrogen-bond donors (Lipinski definition) is 2. The van der Waals surface area contributed by atoms with Crippen LogP contribution in [-0.2, 0) is 48.7 Å². The Morgan fingerprint density at radius 2 is 0.470 bits per heavy atom. The number of carbonyl (C=O) groups is 2. The third kappa shape index (κ3) is 78.4. The summed E-state index contributed by atoms with van der Waals surface area (Å²) < 4.78 is 0. The number of carboxylic acid groups (broad SMARTS) is 2. The van der Waals surface area contributed by atoms with Crippen molar-refractivity contribution < 1.29 is 104 Å². The Bertz CT molecular complexity index is 1600. The summed E-state index contributed by atoms with van der Waals surface area (Å²) in [6, 6.07) is 7.68. The van der Waals surface area contributed by atoms with E-state index in [2.05, 4.69) is 87.4 Å². The predicted octanol–water partition coefficient (Wildman–Crippen LogP) is 26.6. The van der Waals surface area contributed by atoms with Crippen molar-refractivity contribution in [3.05, 3.63) is 50.2 Å². The van der Waals surface area contributed by atoms with Gasteiger partial charge in [-0.25, -0.2) is 0 Å². The fourth-order valence-corrected chi connectivity index (χ4v) is 14.5. The Kier molecular flexibility index (Phi) is 103. The Morgan fingerprint density at radius 1 is 0.290 bits per heavy atom. The SMILES string of the molecule is C.CCCCCCCCCCCCN(CCCCCCCCCCCC)C(Cc1ccc(C)cc1)C(=O)O.CCCCCCCCCCCCN(CCCCCCCCCCCC)CCCCC(C(=O)O)N(CCCCCCCCCCCC)CCCCCCCCCCCC.[CH3-].[CH3-].[K+].[Y]. The third-order valence-corrected chi connectivity index (χ3v) is 21.1. The minimum Gasteiger partial charge on any atom is -0.480 e. The second-order valence-electron chi connectivity index (χ2n) is 30.4. The molecule has 100 heavy (non-hydrogen) atoms.